The first kappa shape index (κ1) is 24.0. The average Bonchev–Trinajstić information content (AvgIpc) is 3.16. The minimum absolute atomic E-state index is 0.160. The molecule has 1 unspecified atom stereocenters. The number of hydrogen-bond donors (Lipinski definition) is 2. The van der Waals surface area contributed by atoms with E-state index in [0.717, 1.165) is 33.0 Å². The fourth-order valence-corrected chi connectivity index (χ4v) is 5.26. The van der Waals surface area contributed by atoms with Gasteiger partial charge in [0.25, 0.3) is 5.91 Å². The smallest absolute Gasteiger partial charge is 0.416 e. The molecule has 3 aromatic rings. The molecule has 0 saturated carbocycles. The lowest BCUT2D eigenvalue weighted by Crippen LogP contribution is -2.28. The van der Waals surface area contributed by atoms with Crippen molar-refractivity contribution in [3.8, 4) is 0 Å². The maximum absolute atomic E-state index is 13.3. The molecule has 0 radical (unpaired) electrons. The highest BCUT2D eigenvalue weighted by atomic mass is 32.1. The van der Waals surface area contributed by atoms with Gasteiger partial charge in [-0.25, -0.2) is 4.79 Å². The van der Waals surface area contributed by atoms with Gasteiger partial charge in [0.05, 0.1) is 35.9 Å². The number of alkyl halides is 3. The Morgan fingerprint density at radius 2 is 1.79 bits per heavy atom. The molecular weight excluding hydrogens is 467 g/mol. The van der Waals surface area contributed by atoms with E-state index in [1.165, 1.54) is 35.6 Å². The number of thiophene rings is 1. The van der Waals surface area contributed by atoms with E-state index in [2.05, 4.69) is 5.32 Å². The molecule has 5 nitrogen and oxygen atoms in total. The van der Waals surface area contributed by atoms with Crippen molar-refractivity contribution >= 4 is 23.2 Å². The van der Waals surface area contributed by atoms with Crippen LogP contribution in [-0.4, -0.2) is 23.6 Å². The minimum Gasteiger partial charge on any atom is -0.478 e. The molecule has 0 aliphatic carbocycles. The Balaban J connectivity index is 1.58. The highest BCUT2D eigenvalue weighted by molar-refractivity contribution is 7.12. The van der Waals surface area contributed by atoms with Gasteiger partial charge < -0.3 is 15.2 Å². The normalized spacial score (nSPS) is 14.4. The summed E-state index contributed by atoms with van der Waals surface area (Å²) < 4.78 is 44.2. The number of carboxylic acids is 1. The van der Waals surface area contributed by atoms with Crippen LogP contribution < -0.4 is 5.32 Å². The number of amides is 1. The van der Waals surface area contributed by atoms with E-state index in [-0.39, 0.29) is 17.5 Å². The quantitative estimate of drug-likeness (QED) is 0.471. The van der Waals surface area contributed by atoms with E-state index in [1.54, 1.807) is 12.1 Å². The number of nitrogens with one attached hydrogen (secondary N) is 1. The van der Waals surface area contributed by atoms with Crippen LogP contribution in [0.3, 0.4) is 0 Å². The molecule has 1 aliphatic rings. The van der Waals surface area contributed by atoms with E-state index < -0.39 is 17.7 Å². The summed E-state index contributed by atoms with van der Waals surface area (Å²) in [4.78, 5) is 26.2. The maximum Gasteiger partial charge on any atom is 0.416 e. The van der Waals surface area contributed by atoms with Crippen LogP contribution in [0.2, 0.25) is 0 Å². The topological polar surface area (TPSA) is 75.6 Å². The van der Waals surface area contributed by atoms with Gasteiger partial charge in [-0.3, -0.25) is 4.79 Å². The zero-order valence-corrected chi connectivity index (χ0v) is 19.1. The van der Waals surface area contributed by atoms with Gasteiger partial charge >= 0.3 is 12.1 Å². The van der Waals surface area contributed by atoms with Crippen molar-refractivity contribution in [2.24, 2.45) is 0 Å². The van der Waals surface area contributed by atoms with Gasteiger partial charge in [-0.1, -0.05) is 24.3 Å². The zero-order chi connectivity index (χ0) is 24.5. The van der Waals surface area contributed by atoms with Crippen molar-refractivity contribution in [3.63, 3.8) is 0 Å². The third kappa shape index (κ3) is 5.15. The van der Waals surface area contributed by atoms with Gasteiger partial charge in [-0.05, 0) is 54.3 Å². The average molecular weight is 490 g/mol. The molecule has 1 atom stereocenters. The van der Waals surface area contributed by atoms with Crippen LogP contribution in [0.4, 0.5) is 13.2 Å². The predicted molar refractivity (Wildman–Crippen MR) is 121 cm³/mol. The summed E-state index contributed by atoms with van der Waals surface area (Å²) in [6, 6.07) is 10.9. The number of ether oxygens (including phenoxy) is 1. The number of halogens is 3. The van der Waals surface area contributed by atoms with Gasteiger partial charge in [0.1, 0.15) is 0 Å². The second-order valence-corrected chi connectivity index (χ2v) is 9.29. The second-order valence-electron chi connectivity index (χ2n) is 8.10. The first-order chi connectivity index (χ1) is 16.1. The van der Waals surface area contributed by atoms with Crippen molar-refractivity contribution in [2.75, 3.05) is 6.61 Å². The summed E-state index contributed by atoms with van der Waals surface area (Å²) in [6.45, 7) is 2.71. The van der Waals surface area contributed by atoms with Gasteiger partial charge in [-0.15, -0.1) is 11.3 Å². The van der Waals surface area contributed by atoms with Crippen molar-refractivity contribution in [1.82, 2.24) is 5.32 Å². The summed E-state index contributed by atoms with van der Waals surface area (Å²) in [5.41, 5.74) is 2.36. The highest BCUT2D eigenvalue weighted by Crippen LogP contribution is 2.35. The number of benzene rings is 2. The minimum atomic E-state index is -4.40. The molecule has 0 spiro atoms. The Morgan fingerprint density at radius 3 is 2.41 bits per heavy atom. The van der Waals surface area contributed by atoms with Gasteiger partial charge in [0.15, 0.2) is 0 Å². The number of carboxylic acid groups (broad SMARTS) is 1. The standard InChI is InChI=1S/C25H22F3NO4S/c1-14(16-4-6-17(7-5-16)24(31)32)29-23(30)22-19-10-11-33-13-21(19)34-20(22)12-15-2-8-18(9-3-15)25(26,27)28/h2-9,14H,10-13H2,1H3,(H,29,30)(H,31,32). The third-order valence-corrected chi connectivity index (χ3v) is 6.98. The predicted octanol–water partition coefficient (Wildman–Crippen LogP) is 5.62. The maximum atomic E-state index is 13.3. The third-order valence-electron chi connectivity index (χ3n) is 5.77. The van der Waals surface area contributed by atoms with Crippen molar-refractivity contribution < 1.29 is 32.6 Å². The molecule has 0 bridgehead atoms. The molecule has 34 heavy (non-hydrogen) atoms. The molecule has 2 N–H and O–H groups in total. The molecule has 2 aromatic carbocycles. The van der Waals surface area contributed by atoms with E-state index in [1.807, 2.05) is 6.92 Å². The number of aromatic carboxylic acids is 1. The van der Waals surface area contributed by atoms with E-state index in [9.17, 15) is 22.8 Å². The van der Waals surface area contributed by atoms with Crippen molar-refractivity contribution in [2.45, 2.75) is 38.6 Å². The molecule has 1 aromatic heterocycles. The number of rotatable bonds is 6. The summed E-state index contributed by atoms with van der Waals surface area (Å²) in [5, 5.41) is 12.1. The number of hydrogen-bond acceptors (Lipinski definition) is 4. The molecule has 0 saturated heterocycles. The monoisotopic (exact) mass is 489 g/mol. The van der Waals surface area contributed by atoms with Crippen LogP contribution in [0.5, 0.6) is 0 Å². The lowest BCUT2D eigenvalue weighted by Gasteiger charge is -2.18. The van der Waals surface area contributed by atoms with Crippen LogP contribution in [0.1, 0.15) is 65.7 Å². The van der Waals surface area contributed by atoms with E-state index in [4.69, 9.17) is 9.84 Å². The molecule has 2 heterocycles. The zero-order valence-electron chi connectivity index (χ0n) is 18.2. The number of fused-ring (bicyclic) bond motifs is 1. The Kier molecular flexibility index (Phi) is 6.77. The summed E-state index contributed by atoms with van der Waals surface area (Å²) in [7, 11) is 0. The molecular formula is C25H22F3NO4S. The Bertz CT molecular complexity index is 1200. The molecule has 0 fully saturated rings. The Hall–Kier alpha value is -3.17. The summed E-state index contributed by atoms with van der Waals surface area (Å²) >= 11 is 1.45. The molecule has 9 heteroatoms. The molecule has 1 aliphatic heterocycles. The fraction of sp³-hybridized carbons (Fsp3) is 0.280. The van der Waals surface area contributed by atoms with Gasteiger partial charge in [0.2, 0.25) is 0 Å². The fourth-order valence-electron chi connectivity index (χ4n) is 3.94. The molecule has 1 amide bonds. The van der Waals surface area contributed by atoms with Crippen LogP contribution in [0.15, 0.2) is 48.5 Å². The largest absolute Gasteiger partial charge is 0.478 e. The van der Waals surface area contributed by atoms with Gasteiger partial charge in [-0.2, -0.15) is 13.2 Å². The SMILES string of the molecule is CC(NC(=O)c1c(Cc2ccc(C(F)(F)F)cc2)sc2c1CCOC2)c1ccc(C(=O)O)cc1. The molecule has 178 valence electrons. The van der Waals surface area contributed by atoms with E-state index >= 15 is 0 Å². The van der Waals surface area contributed by atoms with Crippen LogP contribution in [0.25, 0.3) is 0 Å². The summed E-state index contributed by atoms with van der Waals surface area (Å²) in [6.07, 6.45) is -3.48. The van der Waals surface area contributed by atoms with Gasteiger partial charge in [0, 0.05) is 16.2 Å². The second kappa shape index (κ2) is 9.60. The number of carbonyl (C=O) groups is 2. The highest BCUT2D eigenvalue weighted by Gasteiger charge is 2.30. The Labute approximate surface area is 198 Å². The number of carbonyl (C=O) groups excluding carboxylic acids is 1. The van der Waals surface area contributed by atoms with E-state index in [0.29, 0.717) is 37.2 Å². The first-order valence-corrected chi connectivity index (χ1v) is 11.5. The first-order valence-electron chi connectivity index (χ1n) is 10.6. The van der Waals surface area contributed by atoms with Crippen molar-refractivity contribution in [1.29, 1.82) is 0 Å². The lowest BCUT2D eigenvalue weighted by molar-refractivity contribution is -0.137. The van der Waals surface area contributed by atoms with Crippen LogP contribution >= 0.6 is 11.3 Å². The summed E-state index contributed by atoms with van der Waals surface area (Å²) in [5.74, 6) is -1.29. The van der Waals surface area contributed by atoms with Crippen molar-refractivity contribution in [3.05, 3.63) is 91.7 Å². The van der Waals surface area contributed by atoms with Crippen LogP contribution in [0, 0.1) is 0 Å². The molecule has 4 rings (SSSR count). The van der Waals surface area contributed by atoms with Crippen LogP contribution in [-0.2, 0) is 30.4 Å². The Morgan fingerprint density at radius 1 is 1.12 bits per heavy atom. The lowest BCUT2D eigenvalue weighted by atomic mass is 9.99.